The fourth-order valence-electron chi connectivity index (χ4n) is 1.69. The number of rotatable bonds is 2. The highest BCUT2D eigenvalue weighted by Gasteiger charge is 2.33. The number of anilines is 1. The normalized spacial score (nSPS) is 11.8. The van der Waals surface area contributed by atoms with Crippen LogP contribution >= 0.6 is 0 Å². The molecule has 0 bridgehead atoms. The Hall–Kier alpha value is -2.84. The molecule has 108 valence electrons. The van der Waals surface area contributed by atoms with Crippen molar-refractivity contribution >= 4 is 5.82 Å². The molecule has 0 aromatic carbocycles. The van der Waals surface area contributed by atoms with Crippen LogP contribution in [-0.2, 0) is 6.18 Å². The molecule has 0 aliphatic heterocycles. The summed E-state index contributed by atoms with van der Waals surface area (Å²) in [4.78, 5) is 8.06. The molecule has 0 spiro atoms. The van der Waals surface area contributed by atoms with Crippen molar-refractivity contribution in [2.45, 2.75) is 6.18 Å². The summed E-state index contributed by atoms with van der Waals surface area (Å²) in [6.07, 6.45) is -1.94. The zero-order chi connectivity index (χ0) is 15.0. The summed E-state index contributed by atoms with van der Waals surface area (Å²) in [7, 11) is 0. The van der Waals surface area contributed by atoms with E-state index in [1.807, 2.05) is 0 Å². The minimum Gasteiger partial charge on any atom is -0.461 e. The van der Waals surface area contributed by atoms with Crippen LogP contribution in [-0.4, -0.2) is 19.7 Å². The molecule has 6 nitrogen and oxygen atoms in total. The Morgan fingerprint density at radius 2 is 2.00 bits per heavy atom. The summed E-state index contributed by atoms with van der Waals surface area (Å²) in [5, 5.41) is 3.43. The van der Waals surface area contributed by atoms with E-state index in [-0.39, 0.29) is 17.5 Å². The molecule has 0 aliphatic rings. The second kappa shape index (κ2) is 4.62. The van der Waals surface area contributed by atoms with Crippen LogP contribution in [0.5, 0.6) is 0 Å². The van der Waals surface area contributed by atoms with Crippen molar-refractivity contribution in [1.29, 1.82) is 0 Å². The van der Waals surface area contributed by atoms with E-state index in [1.165, 1.54) is 12.3 Å². The van der Waals surface area contributed by atoms with Gasteiger partial charge in [-0.05, 0) is 18.2 Å². The highest BCUT2D eigenvalue weighted by molar-refractivity contribution is 5.52. The van der Waals surface area contributed by atoms with E-state index in [2.05, 4.69) is 15.1 Å². The predicted molar refractivity (Wildman–Crippen MR) is 66.3 cm³/mol. The standard InChI is InChI=1S/C12H8F3N5O/c13-12(14,15)8-3-4-20(19-8)10-6-9(16)17-11(18-10)7-2-1-5-21-7/h1-6H,(H2,16,17,18). The molecule has 0 saturated carbocycles. The second-order valence-electron chi connectivity index (χ2n) is 4.10. The third-order valence-corrected chi connectivity index (χ3v) is 2.59. The average molecular weight is 295 g/mol. The molecule has 0 radical (unpaired) electrons. The Balaban J connectivity index is 2.05. The number of furan rings is 1. The smallest absolute Gasteiger partial charge is 0.435 e. The van der Waals surface area contributed by atoms with Crippen molar-refractivity contribution < 1.29 is 17.6 Å². The van der Waals surface area contributed by atoms with Gasteiger partial charge >= 0.3 is 6.18 Å². The van der Waals surface area contributed by atoms with E-state index < -0.39 is 11.9 Å². The number of nitrogens with two attached hydrogens (primary N) is 1. The van der Waals surface area contributed by atoms with E-state index in [0.717, 1.165) is 16.9 Å². The van der Waals surface area contributed by atoms with Crippen molar-refractivity contribution in [2.75, 3.05) is 5.73 Å². The topological polar surface area (TPSA) is 82.8 Å². The molecule has 3 aromatic heterocycles. The number of hydrogen-bond acceptors (Lipinski definition) is 5. The summed E-state index contributed by atoms with van der Waals surface area (Å²) in [5.74, 6) is 0.727. The molecule has 3 heterocycles. The molecule has 0 unspecified atom stereocenters. The first-order chi connectivity index (χ1) is 9.93. The summed E-state index contributed by atoms with van der Waals surface area (Å²) in [6, 6.07) is 5.42. The summed E-state index contributed by atoms with van der Waals surface area (Å²) in [5.41, 5.74) is 4.62. The Labute approximate surface area is 116 Å². The Kier molecular flexibility index (Phi) is 2.89. The molecule has 0 fully saturated rings. The highest BCUT2D eigenvalue weighted by atomic mass is 19.4. The maximum absolute atomic E-state index is 12.6. The molecule has 0 aliphatic carbocycles. The lowest BCUT2D eigenvalue weighted by Crippen LogP contribution is -2.08. The molecule has 3 aromatic rings. The first kappa shape index (κ1) is 13.2. The van der Waals surface area contributed by atoms with Gasteiger partial charge in [0.1, 0.15) is 5.82 Å². The van der Waals surface area contributed by atoms with Gasteiger partial charge in [0.2, 0.25) is 0 Å². The molecule has 9 heteroatoms. The van der Waals surface area contributed by atoms with Gasteiger partial charge in [-0.2, -0.15) is 18.3 Å². The monoisotopic (exact) mass is 295 g/mol. The van der Waals surface area contributed by atoms with Crippen molar-refractivity contribution in [3.8, 4) is 17.4 Å². The van der Waals surface area contributed by atoms with Gasteiger partial charge in [-0.25, -0.2) is 14.6 Å². The van der Waals surface area contributed by atoms with Crippen LogP contribution in [0, 0.1) is 0 Å². The Morgan fingerprint density at radius 3 is 2.62 bits per heavy atom. The molecular formula is C12H8F3N5O. The molecular weight excluding hydrogens is 287 g/mol. The third kappa shape index (κ3) is 2.57. The van der Waals surface area contributed by atoms with Gasteiger partial charge in [-0.15, -0.1) is 0 Å². The zero-order valence-electron chi connectivity index (χ0n) is 10.4. The fourth-order valence-corrected chi connectivity index (χ4v) is 1.69. The Bertz CT molecular complexity index is 764. The molecule has 0 amide bonds. The Morgan fingerprint density at radius 1 is 1.19 bits per heavy atom. The van der Waals surface area contributed by atoms with Gasteiger partial charge in [0, 0.05) is 12.3 Å². The van der Waals surface area contributed by atoms with E-state index in [1.54, 1.807) is 12.1 Å². The van der Waals surface area contributed by atoms with E-state index >= 15 is 0 Å². The summed E-state index contributed by atoms with van der Waals surface area (Å²) in [6.45, 7) is 0. The molecule has 2 N–H and O–H groups in total. The van der Waals surface area contributed by atoms with Gasteiger partial charge in [0.25, 0.3) is 0 Å². The van der Waals surface area contributed by atoms with Crippen LogP contribution in [0.25, 0.3) is 17.4 Å². The average Bonchev–Trinajstić information content (AvgIpc) is 3.09. The van der Waals surface area contributed by atoms with Crippen molar-refractivity contribution in [3.05, 3.63) is 42.4 Å². The predicted octanol–water partition coefficient (Wildman–Crippen LogP) is 2.52. The minimum atomic E-state index is -4.52. The van der Waals surface area contributed by atoms with Crippen molar-refractivity contribution in [2.24, 2.45) is 0 Å². The lowest BCUT2D eigenvalue weighted by atomic mass is 10.4. The van der Waals surface area contributed by atoms with Gasteiger partial charge in [0.05, 0.1) is 6.26 Å². The molecule has 0 atom stereocenters. The molecule has 0 saturated heterocycles. The van der Waals surface area contributed by atoms with Gasteiger partial charge in [-0.1, -0.05) is 0 Å². The van der Waals surface area contributed by atoms with E-state index in [9.17, 15) is 13.2 Å². The van der Waals surface area contributed by atoms with Crippen LogP contribution in [0.4, 0.5) is 19.0 Å². The van der Waals surface area contributed by atoms with Crippen LogP contribution in [0.15, 0.2) is 41.1 Å². The molecule has 21 heavy (non-hydrogen) atoms. The minimum absolute atomic E-state index is 0.0930. The number of halogens is 3. The quantitative estimate of drug-likeness (QED) is 0.785. The number of nitrogens with zero attached hydrogens (tertiary/aromatic N) is 4. The summed E-state index contributed by atoms with van der Waals surface area (Å²) < 4.78 is 43.8. The zero-order valence-corrected chi connectivity index (χ0v) is 10.4. The van der Waals surface area contributed by atoms with Gasteiger partial charge in [-0.3, -0.25) is 0 Å². The number of alkyl halides is 3. The fraction of sp³-hybridized carbons (Fsp3) is 0.0833. The van der Waals surface area contributed by atoms with Crippen LogP contribution < -0.4 is 5.73 Å². The maximum atomic E-state index is 12.6. The summed E-state index contributed by atoms with van der Waals surface area (Å²) >= 11 is 0. The van der Waals surface area contributed by atoms with Crippen LogP contribution in [0.1, 0.15) is 5.69 Å². The number of hydrogen-bond donors (Lipinski definition) is 1. The molecule has 3 rings (SSSR count). The van der Waals surface area contributed by atoms with Crippen molar-refractivity contribution in [3.63, 3.8) is 0 Å². The highest BCUT2D eigenvalue weighted by Crippen LogP contribution is 2.28. The van der Waals surface area contributed by atoms with Crippen LogP contribution in [0.3, 0.4) is 0 Å². The van der Waals surface area contributed by atoms with Gasteiger partial charge in [0.15, 0.2) is 23.1 Å². The lowest BCUT2D eigenvalue weighted by molar-refractivity contribution is -0.141. The second-order valence-corrected chi connectivity index (χ2v) is 4.10. The van der Waals surface area contributed by atoms with E-state index in [4.69, 9.17) is 10.2 Å². The maximum Gasteiger partial charge on any atom is 0.435 e. The SMILES string of the molecule is Nc1cc(-n2ccc(C(F)(F)F)n2)nc(-c2ccco2)n1. The number of nitrogen functional groups attached to an aromatic ring is 1. The van der Waals surface area contributed by atoms with Gasteiger partial charge < -0.3 is 10.2 Å². The first-order valence-corrected chi connectivity index (χ1v) is 5.75. The lowest BCUT2D eigenvalue weighted by Gasteiger charge is -2.05. The third-order valence-electron chi connectivity index (χ3n) is 2.59. The van der Waals surface area contributed by atoms with Crippen molar-refractivity contribution in [1.82, 2.24) is 19.7 Å². The van der Waals surface area contributed by atoms with Crippen LogP contribution in [0.2, 0.25) is 0 Å². The first-order valence-electron chi connectivity index (χ1n) is 5.75. The number of aromatic nitrogens is 4. The largest absolute Gasteiger partial charge is 0.461 e. The van der Waals surface area contributed by atoms with E-state index in [0.29, 0.717) is 5.76 Å².